The van der Waals surface area contributed by atoms with Crippen molar-refractivity contribution >= 4 is 17.2 Å². The summed E-state index contributed by atoms with van der Waals surface area (Å²) in [5, 5.41) is 12.6. The van der Waals surface area contributed by atoms with E-state index in [0.717, 1.165) is 43.5 Å². The lowest BCUT2D eigenvalue weighted by Crippen LogP contribution is -2.29. The third-order valence-corrected chi connectivity index (χ3v) is 5.64. The molecule has 2 fully saturated rings. The first-order chi connectivity index (χ1) is 11.2. The zero-order chi connectivity index (χ0) is 15.8. The molecule has 2 saturated heterocycles. The van der Waals surface area contributed by atoms with Gasteiger partial charge in [0.1, 0.15) is 11.9 Å². The van der Waals surface area contributed by atoms with Crippen LogP contribution in [-0.2, 0) is 6.54 Å². The second-order valence-electron chi connectivity index (χ2n) is 6.46. The topological polar surface area (TPSA) is 56.1 Å². The summed E-state index contributed by atoms with van der Waals surface area (Å²) in [4.78, 5) is 13.8. The van der Waals surface area contributed by atoms with Gasteiger partial charge in [0.2, 0.25) is 0 Å². The molecule has 0 amide bonds. The second-order valence-corrected chi connectivity index (χ2v) is 7.53. The van der Waals surface area contributed by atoms with Crippen LogP contribution in [0.2, 0.25) is 0 Å². The van der Waals surface area contributed by atoms with Gasteiger partial charge in [-0.15, -0.1) is 11.3 Å². The van der Waals surface area contributed by atoms with Crippen LogP contribution in [0, 0.1) is 30.1 Å². The number of nitrogens with zero attached hydrogens (tertiary/aromatic N) is 5. The van der Waals surface area contributed by atoms with E-state index in [0.29, 0.717) is 17.4 Å². The number of nitriles is 1. The molecule has 2 unspecified atom stereocenters. The monoisotopic (exact) mass is 325 g/mol. The summed E-state index contributed by atoms with van der Waals surface area (Å²) in [7, 11) is 0. The van der Waals surface area contributed by atoms with Gasteiger partial charge in [-0.05, 0) is 30.9 Å². The smallest absolute Gasteiger partial charge is 0.146 e. The van der Waals surface area contributed by atoms with Crippen molar-refractivity contribution in [3.8, 4) is 6.07 Å². The van der Waals surface area contributed by atoms with E-state index in [1.807, 2.05) is 12.1 Å². The average Bonchev–Trinajstić information content (AvgIpc) is 3.22. The number of hydrogen-bond donors (Lipinski definition) is 0. The van der Waals surface area contributed by atoms with E-state index < -0.39 is 0 Å². The van der Waals surface area contributed by atoms with Gasteiger partial charge >= 0.3 is 0 Å². The maximum Gasteiger partial charge on any atom is 0.146 e. The van der Waals surface area contributed by atoms with E-state index in [1.54, 1.807) is 17.5 Å². The molecule has 2 aliphatic rings. The molecular weight excluding hydrogens is 306 g/mol. The van der Waals surface area contributed by atoms with E-state index >= 15 is 0 Å². The van der Waals surface area contributed by atoms with Gasteiger partial charge in [-0.2, -0.15) is 5.26 Å². The van der Waals surface area contributed by atoms with Gasteiger partial charge in [-0.3, -0.25) is 4.90 Å². The zero-order valence-electron chi connectivity index (χ0n) is 13.1. The van der Waals surface area contributed by atoms with Crippen LogP contribution in [0.15, 0.2) is 23.7 Å². The Kier molecular flexibility index (Phi) is 3.76. The molecule has 0 bridgehead atoms. The number of fused-ring (bicyclic) bond motifs is 1. The Hall–Kier alpha value is -1.97. The highest BCUT2D eigenvalue weighted by Gasteiger charge is 2.40. The summed E-state index contributed by atoms with van der Waals surface area (Å²) in [5.41, 5.74) is 1.88. The van der Waals surface area contributed by atoms with Crippen LogP contribution in [-0.4, -0.2) is 41.0 Å². The first kappa shape index (κ1) is 14.6. The molecular formula is C17H19N5S. The highest BCUT2D eigenvalue weighted by atomic mass is 32.1. The van der Waals surface area contributed by atoms with Crippen LogP contribution in [0.4, 0.5) is 5.82 Å². The van der Waals surface area contributed by atoms with Crippen LogP contribution in [0.25, 0.3) is 0 Å². The SMILES string of the molecule is Cc1nc(CN2CC3CN(c4ncccc4C#N)CC3C2)cs1. The van der Waals surface area contributed by atoms with Gasteiger partial charge < -0.3 is 4.90 Å². The third-order valence-electron chi connectivity index (χ3n) is 4.82. The summed E-state index contributed by atoms with van der Waals surface area (Å²) < 4.78 is 0. The molecule has 2 aromatic heterocycles. The van der Waals surface area contributed by atoms with Crippen molar-refractivity contribution < 1.29 is 0 Å². The molecule has 2 aromatic rings. The molecule has 0 N–H and O–H groups in total. The van der Waals surface area contributed by atoms with Crippen molar-refractivity contribution in [2.75, 3.05) is 31.1 Å². The van der Waals surface area contributed by atoms with E-state index in [-0.39, 0.29) is 0 Å². The molecule has 4 heterocycles. The van der Waals surface area contributed by atoms with Crippen molar-refractivity contribution in [3.63, 3.8) is 0 Å². The summed E-state index contributed by atoms with van der Waals surface area (Å²) in [6.45, 7) is 7.26. The van der Waals surface area contributed by atoms with E-state index in [1.165, 1.54) is 5.69 Å². The Labute approximate surface area is 140 Å². The highest BCUT2D eigenvalue weighted by Crippen LogP contribution is 2.34. The number of aryl methyl sites for hydroxylation is 1. The largest absolute Gasteiger partial charge is 0.355 e. The second kappa shape index (κ2) is 5.91. The highest BCUT2D eigenvalue weighted by molar-refractivity contribution is 7.09. The third kappa shape index (κ3) is 2.82. The maximum absolute atomic E-state index is 9.26. The molecule has 118 valence electrons. The Morgan fingerprint density at radius 1 is 1.30 bits per heavy atom. The molecule has 0 aliphatic carbocycles. The number of rotatable bonds is 3. The maximum atomic E-state index is 9.26. The van der Waals surface area contributed by atoms with E-state index in [9.17, 15) is 5.26 Å². The lowest BCUT2D eigenvalue weighted by Gasteiger charge is -2.22. The fraction of sp³-hybridized carbons (Fsp3) is 0.471. The molecule has 6 heteroatoms. The van der Waals surface area contributed by atoms with Crippen molar-refractivity contribution in [3.05, 3.63) is 40.0 Å². The van der Waals surface area contributed by atoms with E-state index in [2.05, 4.69) is 38.1 Å². The van der Waals surface area contributed by atoms with Crippen LogP contribution in [0.1, 0.15) is 16.3 Å². The van der Waals surface area contributed by atoms with Gasteiger partial charge in [0.05, 0.1) is 16.3 Å². The molecule has 23 heavy (non-hydrogen) atoms. The molecule has 0 spiro atoms. The molecule has 0 aromatic carbocycles. The Balaban J connectivity index is 1.41. The Morgan fingerprint density at radius 3 is 2.74 bits per heavy atom. The molecule has 5 nitrogen and oxygen atoms in total. The zero-order valence-corrected chi connectivity index (χ0v) is 14.0. The van der Waals surface area contributed by atoms with E-state index in [4.69, 9.17) is 0 Å². The minimum absolute atomic E-state index is 0.670. The Morgan fingerprint density at radius 2 is 2.09 bits per heavy atom. The van der Waals surface area contributed by atoms with Crippen molar-refractivity contribution in [1.82, 2.24) is 14.9 Å². The van der Waals surface area contributed by atoms with Gasteiger partial charge in [-0.25, -0.2) is 9.97 Å². The lowest BCUT2D eigenvalue weighted by atomic mass is 10.0. The standard InChI is InChI=1S/C17H19N5S/c1-12-20-16(11-23-12)10-21-6-14-8-22(9-15(14)7-21)17-13(5-18)3-2-4-19-17/h2-4,11,14-15H,6-10H2,1H3. The quantitative estimate of drug-likeness (QED) is 0.866. The summed E-state index contributed by atoms with van der Waals surface area (Å²) >= 11 is 1.73. The van der Waals surface area contributed by atoms with Crippen molar-refractivity contribution in [2.45, 2.75) is 13.5 Å². The van der Waals surface area contributed by atoms with Crippen molar-refractivity contribution in [1.29, 1.82) is 5.26 Å². The molecule has 0 saturated carbocycles. The van der Waals surface area contributed by atoms with Gasteiger partial charge in [0.25, 0.3) is 0 Å². The number of hydrogen-bond acceptors (Lipinski definition) is 6. The molecule has 2 atom stereocenters. The normalized spacial score (nSPS) is 23.9. The number of likely N-dealkylation sites (tertiary alicyclic amines) is 1. The number of anilines is 1. The molecule has 4 rings (SSSR count). The van der Waals surface area contributed by atoms with Crippen LogP contribution in [0.5, 0.6) is 0 Å². The van der Waals surface area contributed by atoms with Crippen LogP contribution >= 0.6 is 11.3 Å². The summed E-state index contributed by atoms with van der Waals surface area (Å²) in [6, 6.07) is 5.94. The van der Waals surface area contributed by atoms with Gasteiger partial charge in [-0.1, -0.05) is 0 Å². The summed E-state index contributed by atoms with van der Waals surface area (Å²) in [5.74, 6) is 2.19. The van der Waals surface area contributed by atoms with Crippen LogP contribution < -0.4 is 4.90 Å². The minimum atomic E-state index is 0.670. The number of thiazole rings is 1. The number of pyridine rings is 1. The fourth-order valence-corrected chi connectivity index (χ4v) is 4.44. The van der Waals surface area contributed by atoms with Gasteiger partial charge in [0.15, 0.2) is 0 Å². The first-order valence-electron chi connectivity index (χ1n) is 7.96. The molecule has 0 radical (unpaired) electrons. The first-order valence-corrected chi connectivity index (χ1v) is 8.84. The summed E-state index contributed by atoms with van der Waals surface area (Å²) in [6.07, 6.45) is 1.78. The van der Waals surface area contributed by atoms with Crippen molar-refractivity contribution in [2.24, 2.45) is 11.8 Å². The predicted molar refractivity (Wildman–Crippen MR) is 90.3 cm³/mol. The van der Waals surface area contributed by atoms with Crippen LogP contribution in [0.3, 0.4) is 0 Å². The fourth-order valence-electron chi connectivity index (χ4n) is 3.84. The Bertz CT molecular complexity index is 735. The molecule has 2 aliphatic heterocycles. The van der Waals surface area contributed by atoms with Gasteiger partial charge in [0, 0.05) is 44.3 Å². The minimum Gasteiger partial charge on any atom is -0.355 e. The average molecular weight is 325 g/mol. The predicted octanol–water partition coefficient (Wildman–Crippen LogP) is 2.29. The number of aromatic nitrogens is 2. The lowest BCUT2D eigenvalue weighted by molar-refractivity contribution is 0.305.